The van der Waals surface area contributed by atoms with Gasteiger partial charge in [-0.15, -0.1) is 6.58 Å². The third-order valence-corrected chi connectivity index (χ3v) is 2.45. The van der Waals surface area contributed by atoms with E-state index in [1.54, 1.807) is 0 Å². The van der Waals surface area contributed by atoms with Gasteiger partial charge >= 0.3 is 0 Å². The number of nitrogens with two attached hydrogens (primary N) is 1. The molecule has 1 aromatic rings. The monoisotopic (exact) mass is 266 g/mol. The van der Waals surface area contributed by atoms with Gasteiger partial charge in [0.05, 0.1) is 6.04 Å². The molecular weight excluding hydrogens is 255 g/mol. The molecule has 0 radical (unpaired) electrons. The molecular formula is C11H11F5N2. The van der Waals surface area contributed by atoms with Gasteiger partial charge in [-0.1, -0.05) is 6.08 Å². The van der Waals surface area contributed by atoms with Gasteiger partial charge in [0, 0.05) is 5.56 Å². The molecule has 18 heavy (non-hydrogen) atoms. The van der Waals surface area contributed by atoms with Crippen LogP contribution in [0.25, 0.3) is 0 Å². The third-order valence-electron chi connectivity index (χ3n) is 2.45. The Morgan fingerprint density at radius 3 is 1.83 bits per heavy atom. The minimum Gasteiger partial charge on any atom is -0.271 e. The highest BCUT2D eigenvalue weighted by Crippen LogP contribution is 2.29. The topological polar surface area (TPSA) is 38.0 Å². The molecule has 3 N–H and O–H groups in total. The Hall–Kier alpha value is -1.47. The highest BCUT2D eigenvalue weighted by molar-refractivity contribution is 5.27. The van der Waals surface area contributed by atoms with Gasteiger partial charge in [0.1, 0.15) is 0 Å². The average Bonchev–Trinajstić information content (AvgIpc) is 2.38. The van der Waals surface area contributed by atoms with Crippen LogP contribution in [0.5, 0.6) is 0 Å². The van der Waals surface area contributed by atoms with E-state index in [0.29, 0.717) is 6.42 Å². The summed E-state index contributed by atoms with van der Waals surface area (Å²) in [5.74, 6) is -4.84. The summed E-state index contributed by atoms with van der Waals surface area (Å²) in [6, 6.07) is -1.19. The van der Waals surface area contributed by atoms with E-state index in [-0.39, 0.29) is 6.42 Å². The first kappa shape index (κ1) is 14.6. The van der Waals surface area contributed by atoms with Gasteiger partial charge in [0.2, 0.25) is 5.82 Å². The fraction of sp³-hybridized carbons (Fsp3) is 0.273. The highest BCUT2D eigenvalue weighted by atomic mass is 19.2. The molecule has 0 spiro atoms. The maximum Gasteiger partial charge on any atom is 0.200 e. The number of nitrogens with one attached hydrogen (secondary N) is 1. The van der Waals surface area contributed by atoms with Crippen molar-refractivity contribution in [1.82, 2.24) is 5.43 Å². The Labute approximate surface area is 100 Å². The molecule has 100 valence electrons. The molecule has 1 aromatic carbocycles. The predicted octanol–water partition coefficient (Wildman–Crippen LogP) is 2.85. The minimum atomic E-state index is -2.19. The van der Waals surface area contributed by atoms with E-state index in [9.17, 15) is 22.0 Å². The van der Waals surface area contributed by atoms with E-state index < -0.39 is 40.7 Å². The van der Waals surface area contributed by atoms with Gasteiger partial charge in [0.15, 0.2) is 23.3 Å². The number of halogens is 5. The van der Waals surface area contributed by atoms with E-state index in [0.717, 1.165) is 0 Å². The quantitative estimate of drug-likeness (QED) is 0.215. The summed E-state index contributed by atoms with van der Waals surface area (Å²) in [5, 5.41) is 0. The van der Waals surface area contributed by atoms with Crippen LogP contribution < -0.4 is 11.3 Å². The molecule has 7 heteroatoms. The maximum absolute atomic E-state index is 13.4. The van der Waals surface area contributed by atoms with Crippen molar-refractivity contribution in [1.29, 1.82) is 0 Å². The Balaban J connectivity index is 3.34. The molecule has 1 rings (SSSR count). The summed E-state index contributed by atoms with van der Waals surface area (Å²) in [5.41, 5.74) is 1.06. The molecule has 0 amide bonds. The fourth-order valence-electron chi connectivity index (χ4n) is 1.52. The largest absolute Gasteiger partial charge is 0.271 e. The van der Waals surface area contributed by atoms with Crippen molar-refractivity contribution in [3.05, 3.63) is 47.3 Å². The van der Waals surface area contributed by atoms with Crippen LogP contribution in [0.1, 0.15) is 24.4 Å². The first-order chi connectivity index (χ1) is 8.45. The average molecular weight is 266 g/mol. The third kappa shape index (κ3) is 2.51. The molecule has 0 bridgehead atoms. The van der Waals surface area contributed by atoms with Crippen molar-refractivity contribution >= 4 is 0 Å². The van der Waals surface area contributed by atoms with Crippen molar-refractivity contribution in [3.8, 4) is 0 Å². The van der Waals surface area contributed by atoms with E-state index >= 15 is 0 Å². The second-order valence-electron chi connectivity index (χ2n) is 3.57. The number of benzene rings is 1. The van der Waals surface area contributed by atoms with Gasteiger partial charge in [-0.3, -0.25) is 11.3 Å². The summed E-state index contributed by atoms with van der Waals surface area (Å²) in [7, 11) is 0. The molecule has 0 aliphatic rings. The zero-order valence-corrected chi connectivity index (χ0v) is 9.24. The van der Waals surface area contributed by atoms with E-state index in [1.807, 2.05) is 5.43 Å². The molecule has 0 heterocycles. The molecule has 0 aromatic heterocycles. The van der Waals surface area contributed by atoms with Crippen LogP contribution in [0.15, 0.2) is 12.7 Å². The summed E-state index contributed by atoms with van der Waals surface area (Å²) in [6.45, 7) is 3.39. The number of allylic oxidation sites excluding steroid dienone is 1. The summed E-state index contributed by atoms with van der Waals surface area (Å²) >= 11 is 0. The van der Waals surface area contributed by atoms with E-state index in [1.165, 1.54) is 6.08 Å². The van der Waals surface area contributed by atoms with Crippen LogP contribution in [0, 0.1) is 29.1 Å². The van der Waals surface area contributed by atoms with Crippen molar-refractivity contribution in [2.45, 2.75) is 18.9 Å². The molecule has 0 aliphatic carbocycles. The van der Waals surface area contributed by atoms with E-state index in [4.69, 9.17) is 5.84 Å². The first-order valence-corrected chi connectivity index (χ1v) is 5.04. The van der Waals surface area contributed by atoms with Gasteiger partial charge in [0.25, 0.3) is 0 Å². The lowest BCUT2D eigenvalue weighted by molar-refractivity contribution is 0.353. The Morgan fingerprint density at radius 1 is 1.00 bits per heavy atom. The van der Waals surface area contributed by atoms with Gasteiger partial charge in [-0.2, -0.15) is 0 Å². The summed E-state index contributed by atoms with van der Waals surface area (Å²) in [4.78, 5) is 0. The smallest absolute Gasteiger partial charge is 0.200 e. The lowest BCUT2D eigenvalue weighted by Crippen LogP contribution is -2.30. The van der Waals surface area contributed by atoms with Crippen molar-refractivity contribution in [3.63, 3.8) is 0 Å². The van der Waals surface area contributed by atoms with Crippen LogP contribution in [0.2, 0.25) is 0 Å². The molecule has 1 atom stereocenters. The van der Waals surface area contributed by atoms with Gasteiger partial charge in [-0.05, 0) is 12.8 Å². The van der Waals surface area contributed by atoms with Crippen LogP contribution in [0.3, 0.4) is 0 Å². The molecule has 2 nitrogen and oxygen atoms in total. The second kappa shape index (κ2) is 5.92. The van der Waals surface area contributed by atoms with Gasteiger partial charge < -0.3 is 0 Å². The maximum atomic E-state index is 13.4. The Bertz CT molecular complexity index is 432. The SMILES string of the molecule is C=CCCC(NN)c1c(F)c(F)c(F)c(F)c1F. The van der Waals surface area contributed by atoms with Crippen LogP contribution in [-0.4, -0.2) is 0 Å². The number of hydrogen-bond acceptors (Lipinski definition) is 2. The lowest BCUT2D eigenvalue weighted by Gasteiger charge is -2.17. The van der Waals surface area contributed by atoms with E-state index in [2.05, 4.69) is 6.58 Å². The molecule has 0 saturated carbocycles. The summed E-state index contributed by atoms with van der Waals surface area (Å²) < 4.78 is 65.6. The second-order valence-corrected chi connectivity index (χ2v) is 3.57. The Morgan fingerprint density at radius 2 is 1.44 bits per heavy atom. The highest BCUT2D eigenvalue weighted by Gasteiger charge is 2.29. The van der Waals surface area contributed by atoms with Crippen molar-refractivity contribution in [2.75, 3.05) is 0 Å². The molecule has 0 aliphatic heterocycles. The van der Waals surface area contributed by atoms with Crippen molar-refractivity contribution < 1.29 is 22.0 Å². The van der Waals surface area contributed by atoms with Crippen LogP contribution in [0.4, 0.5) is 22.0 Å². The van der Waals surface area contributed by atoms with Crippen molar-refractivity contribution in [2.24, 2.45) is 5.84 Å². The fourth-order valence-corrected chi connectivity index (χ4v) is 1.52. The van der Waals surface area contributed by atoms with Gasteiger partial charge in [-0.25, -0.2) is 22.0 Å². The Kier molecular flexibility index (Phi) is 4.80. The zero-order chi connectivity index (χ0) is 13.9. The lowest BCUT2D eigenvalue weighted by atomic mass is 10.0. The normalized spacial score (nSPS) is 12.6. The first-order valence-electron chi connectivity index (χ1n) is 5.04. The van der Waals surface area contributed by atoms with Crippen LogP contribution >= 0.6 is 0 Å². The van der Waals surface area contributed by atoms with Crippen LogP contribution in [-0.2, 0) is 0 Å². The predicted molar refractivity (Wildman–Crippen MR) is 55.7 cm³/mol. The summed E-state index contributed by atoms with van der Waals surface area (Å²) in [6.07, 6.45) is 1.79. The number of rotatable bonds is 5. The molecule has 0 fully saturated rings. The minimum absolute atomic E-state index is 0.0539. The zero-order valence-electron chi connectivity index (χ0n) is 9.24. The molecule has 0 saturated heterocycles. The molecule has 1 unspecified atom stereocenters. The standard InChI is InChI=1S/C11H11F5N2/c1-2-3-4-5(18-17)6-7(12)9(14)11(16)10(15)8(6)13/h2,5,18H,1,3-4,17H2. The number of hydrazine groups is 1. The number of hydrogen-bond donors (Lipinski definition) is 2.